The Morgan fingerprint density at radius 3 is 3.00 bits per heavy atom. The molecule has 6 heteroatoms. The Kier molecular flexibility index (Phi) is 3.11. The largest absolute Gasteiger partial charge is 0.396 e. The van der Waals surface area contributed by atoms with Gasteiger partial charge in [0.05, 0.1) is 0 Å². The number of nitrogens with two attached hydrogens (primary N) is 1. The van der Waals surface area contributed by atoms with Crippen LogP contribution >= 0.6 is 0 Å². The van der Waals surface area contributed by atoms with Gasteiger partial charge in [-0.05, 0) is 18.6 Å². The lowest BCUT2D eigenvalue weighted by Gasteiger charge is -2.04. The molecule has 0 atom stereocenters. The molecule has 0 radical (unpaired) electrons. The van der Waals surface area contributed by atoms with E-state index < -0.39 is 0 Å². The van der Waals surface area contributed by atoms with E-state index in [0.29, 0.717) is 30.3 Å². The van der Waals surface area contributed by atoms with Gasteiger partial charge in [0.1, 0.15) is 17.8 Å². The molecule has 0 fully saturated rings. The third kappa shape index (κ3) is 2.17. The first-order valence-electron chi connectivity index (χ1n) is 5.03. The minimum atomic E-state index is 0.141. The van der Waals surface area contributed by atoms with Crippen LogP contribution in [0.25, 0.3) is 11.5 Å². The summed E-state index contributed by atoms with van der Waals surface area (Å²) < 4.78 is 1.85. The van der Waals surface area contributed by atoms with E-state index in [1.165, 1.54) is 0 Å². The van der Waals surface area contributed by atoms with Gasteiger partial charge >= 0.3 is 0 Å². The van der Waals surface area contributed by atoms with Crippen LogP contribution in [0.15, 0.2) is 24.5 Å². The van der Waals surface area contributed by atoms with Gasteiger partial charge in [0.2, 0.25) is 0 Å². The van der Waals surface area contributed by atoms with Crippen molar-refractivity contribution in [2.24, 2.45) is 0 Å². The number of hydrogen-bond acceptors (Lipinski definition) is 5. The Bertz CT molecular complexity index is 468. The molecule has 0 bridgehead atoms. The van der Waals surface area contributed by atoms with Gasteiger partial charge in [-0.2, -0.15) is 0 Å². The summed E-state index contributed by atoms with van der Waals surface area (Å²) in [6.07, 6.45) is 2.28. The highest BCUT2D eigenvalue weighted by Crippen LogP contribution is 2.15. The Balaban J connectivity index is 2.29. The average Bonchev–Trinajstić information content (AvgIpc) is 2.74. The monoisotopic (exact) mass is 219 g/mol. The van der Waals surface area contributed by atoms with Crippen molar-refractivity contribution in [1.82, 2.24) is 19.7 Å². The molecule has 0 saturated carbocycles. The number of hydrogen-bond donors (Lipinski definition) is 2. The summed E-state index contributed by atoms with van der Waals surface area (Å²) in [4.78, 5) is 4.18. The maximum absolute atomic E-state index is 8.78. The molecule has 6 nitrogen and oxygen atoms in total. The van der Waals surface area contributed by atoms with Crippen LogP contribution in [0.1, 0.15) is 6.42 Å². The fourth-order valence-electron chi connectivity index (χ4n) is 1.43. The number of nitrogens with zero attached hydrogens (tertiary/aromatic N) is 4. The topological polar surface area (TPSA) is 89.8 Å². The standard InChI is InChI=1S/C10H13N5O/c11-9-4-1-3-8(13-9)10-14-12-7-15(10)5-2-6-16/h1,3-4,7,16H,2,5-6H2,(H2,11,13). The van der Waals surface area contributed by atoms with Crippen molar-refractivity contribution in [3.8, 4) is 11.5 Å². The van der Waals surface area contributed by atoms with Crippen LogP contribution in [-0.4, -0.2) is 31.5 Å². The van der Waals surface area contributed by atoms with Crippen LogP contribution in [-0.2, 0) is 6.54 Å². The summed E-state index contributed by atoms with van der Waals surface area (Å²) in [6, 6.07) is 5.37. The van der Waals surface area contributed by atoms with Crippen molar-refractivity contribution in [3.63, 3.8) is 0 Å². The van der Waals surface area contributed by atoms with Gasteiger partial charge < -0.3 is 15.4 Å². The molecule has 2 aromatic rings. The zero-order valence-electron chi connectivity index (χ0n) is 8.74. The van der Waals surface area contributed by atoms with Crippen LogP contribution in [0.4, 0.5) is 5.82 Å². The number of aryl methyl sites for hydroxylation is 1. The zero-order chi connectivity index (χ0) is 11.4. The van der Waals surface area contributed by atoms with Gasteiger partial charge in [-0.25, -0.2) is 4.98 Å². The van der Waals surface area contributed by atoms with Crippen molar-refractivity contribution >= 4 is 5.82 Å². The lowest BCUT2D eigenvalue weighted by atomic mass is 10.3. The first kappa shape index (κ1) is 10.6. The first-order valence-corrected chi connectivity index (χ1v) is 5.03. The summed E-state index contributed by atoms with van der Waals surface area (Å²) in [5.74, 6) is 1.12. The summed E-state index contributed by atoms with van der Waals surface area (Å²) >= 11 is 0. The number of aliphatic hydroxyl groups excluding tert-OH is 1. The fraction of sp³-hybridized carbons (Fsp3) is 0.300. The molecule has 0 aromatic carbocycles. The third-order valence-electron chi connectivity index (χ3n) is 2.17. The van der Waals surface area contributed by atoms with E-state index in [-0.39, 0.29) is 6.61 Å². The molecule has 84 valence electrons. The van der Waals surface area contributed by atoms with Crippen LogP contribution in [0, 0.1) is 0 Å². The van der Waals surface area contributed by atoms with E-state index in [2.05, 4.69) is 15.2 Å². The van der Waals surface area contributed by atoms with Gasteiger partial charge in [0.15, 0.2) is 5.82 Å². The molecule has 2 rings (SSSR count). The van der Waals surface area contributed by atoms with Gasteiger partial charge in [0.25, 0.3) is 0 Å². The SMILES string of the molecule is Nc1cccc(-c2nncn2CCCO)n1. The normalized spacial score (nSPS) is 10.6. The van der Waals surface area contributed by atoms with Crippen LogP contribution in [0.3, 0.4) is 0 Å². The summed E-state index contributed by atoms with van der Waals surface area (Å²) in [6.45, 7) is 0.803. The summed E-state index contributed by atoms with van der Waals surface area (Å²) in [5, 5.41) is 16.6. The minimum absolute atomic E-state index is 0.141. The molecule has 0 unspecified atom stereocenters. The average molecular weight is 219 g/mol. The number of rotatable bonds is 4. The van der Waals surface area contributed by atoms with Gasteiger partial charge in [-0.15, -0.1) is 10.2 Å². The summed E-state index contributed by atoms with van der Waals surface area (Å²) in [7, 11) is 0. The van der Waals surface area contributed by atoms with Gasteiger partial charge in [0, 0.05) is 13.2 Å². The Morgan fingerprint density at radius 2 is 2.25 bits per heavy atom. The molecule has 0 spiro atoms. The summed E-state index contributed by atoms with van der Waals surface area (Å²) in [5.41, 5.74) is 6.30. The van der Waals surface area contributed by atoms with Gasteiger partial charge in [-0.1, -0.05) is 6.07 Å². The maximum atomic E-state index is 8.78. The van der Waals surface area contributed by atoms with E-state index in [9.17, 15) is 0 Å². The lowest BCUT2D eigenvalue weighted by molar-refractivity contribution is 0.280. The maximum Gasteiger partial charge on any atom is 0.182 e. The Morgan fingerprint density at radius 1 is 1.38 bits per heavy atom. The molecule has 16 heavy (non-hydrogen) atoms. The van der Waals surface area contributed by atoms with Crippen molar-refractivity contribution in [1.29, 1.82) is 0 Å². The van der Waals surface area contributed by atoms with E-state index >= 15 is 0 Å². The van der Waals surface area contributed by atoms with Gasteiger partial charge in [-0.3, -0.25) is 0 Å². The first-order chi connectivity index (χ1) is 7.81. The molecule has 0 amide bonds. The quantitative estimate of drug-likeness (QED) is 0.772. The van der Waals surface area contributed by atoms with Crippen molar-refractivity contribution in [2.75, 3.05) is 12.3 Å². The second-order valence-corrected chi connectivity index (χ2v) is 3.37. The number of anilines is 1. The Labute approximate surface area is 92.8 Å². The molecular formula is C10H13N5O. The highest BCUT2D eigenvalue weighted by molar-refractivity contribution is 5.52. The van der Waals surface area contributed by atoms with Crippen molar-refractivity contribution < 1.29 is 5.11 Å². The van der Waals surface area contributed by atoms with E-state index in [0.717, 1.165) is 0 Å². The number of pyridine rings is 1. The van der Waals surface area contributed by atoms with Crippen LogP contribution < -0.4 is 5.73 Å². The molecular weight excluding hydrogens is 206 g/mol. The molecule has 3 N–H and O–H groups in total. The predicted octanol–water partition coefficient (Wildman–Crippen LogP) is 0.305. The van der Waals surface area contributed by atoms with Crippen LogP contribution in [0.5, 0.6) is 0 Å². The molecule has 0 aliphatic rings. The molecule has 2 aromatic heterocycles. The Hall–Kier alpha value is -1.95. The zero-order valence-corrected chi connectivity index (χ0v) is 8.74. The molecule has 2 heterocycles. The van der Waals surface area contributed by atoms with E-state index in [4.69, 9.17) is 10.8 Å². The number of aromatic nitrogens is 4. The number of aliphatic hydroxyl groups is 1. The highest BCUT2D eigenvalue weighted by Gasteiger charge is 2.08. The number of nitrogen functional groups attached to an aromatic ring is 1. The smallest absolute Gasteiger partial charge is 0.182 e. The highest BCUT2D eigenvalue weighted by atomic mass is 16.3. The molecule has 0 aliphatic heterocycles. The molecule has 0 saturated heterocycles. The van der Waals surface area contributed by atoms with Crippen molar-refractivity contribution in [2.45, 2.75) is 13.0 Å². The van der Waals surface area contributed by atoms with Crippen molar-refractivity contribution in [3.05, 3.63) is 24.5 Å². The van der Waals surface area contributed by atoms with E-state index in [1.54, 1.807) is 12.4 Å². The molecule has 0 aliphatic carbocycles. The minimum Gasteiger partial charge on any atom is -0.396 e. The predicted molar refractivity (Wildman–Crippen MR) is 59.4 cm³/mol. The van der Waals surface area contributed by atoms with E-state index in [1.807, 2.05) is 16.7 Å². The fourth-order valence-corrected chi connectivity index (χ4v) is 1.43. The second kappa shape index (κ2) is 4.71. The third-order valence-corrected chi connectivity index (χ3v) is 2.17. The lowest BCUT2D eigenvalue weighted by Crippen LogP contribution is -2.03. The second-order valence-electron chi connectivity index (χ2n) is 3.37. The van der Waals surface area contributed by atoms with Crippen LogP contribution in [0.2, 0.25) is 0 Å².